The molecule has 1 aliphatic heterocycles. The molecule has 4 rings (SSSR count). The second-order valence-electron chi connectivity index (χ2n) is 6.54. The van der Waals surface area contributed by atoms with E-state index in [9.17, 15) is 4.79 Å². The van der Waals surface area contributed by atoms with Crippen LogP contribution >= 0.6 is 23.8 Å². The zero-order valence-electron chi connectivity index (χ0n) is 15.5. The molecule has 1 N–H and O–H groups in total. The number of rotatable bonds is 3. The average molecular weight is 413 g/mol. The Morgan fingerprint density at radius 1 is 1.21 bits per heavy atom. The lowest BCUT2D eigenvalue weighted by molar-refractivity contribution is -0.113. The zero-order valence-corrected chi connectivity index (χ0v) is 17.1. The van der Waals surface area contributed by atoms with Crippen molar-refractivity contribution >= 4 is 46.6 Å². The van der Waals surface area contributed by atoms with E-state index in [4.69, 9.17) is 28.3 Å². The van der Waals surface area contributed by atoms with E-state index >= 15 is 0 Å². The molecule has 142 valence electrons. The highest BCUT2D eigenvalue weighted by molar-refractivity contribution is 7.80. The summed E-state index contributed by atoms with van der Waals surface area (Å²) in [4.78, 5) is 14.4. The van der Waals surface area contributed by atoms with E-state index in [2.05, 4.69) is 10.5 Å². The van der Waals surface area contributed by atoms with Crippen LogP contribution in [0.4, 0.5) is 5.69 Å². The van der Waals surface area contributed by atoms with Gasteiger partial charge in [0.05, 0.1) is 10.7 Å². The number of anilines is 1. The van der Waals surface area contributed by atoms with Crippen LogP contribution < -0.4 is 10.2 Å². The van der Waals surface area contributed by atoms with E-state index in [-0.39, 0.29) is 5.91 Å². The topological polar surface area (TPSA) is 63.3 Å². The maximum Gasteiger partial charge on any atom is 0.281 e. The fourth-order valence-corrected chi connectivity index (χ4v) is 3.80. The molecular weight excluding hydrogens is 396 g/mol. The number of nitrogens with zero attached hydrogens (tertiary/aromatic N) is 3. The van der Waals surface area contributed by atoms with Crippen LogP contribution in [0, 0.1) is 20.8 Å². The molecule has 3 heterocycles. The van der Waals surface area contributed by atoms with Crippen LogP contribution in [0.3, 0.4) is 0 Å². The van der Waals surface area contributed by atoms with Crippen LogP contribution in [-0.4, -0.2) is 20.7 Å². The van der Waals surface area contributed by atoms with Gasteiger partial charge in [0.25, 0.3) is 5.91 Å². The lowest BCUT2D eigenvalue weighted by atomic mass is 10.2. The van der Waals surface area contributed by atoms with Crippen molar-refractivity contribution in [1.82, 2.24) is 15.0 Å². The average Bonchev–Trinajstić information content (AvgIpc) is 3.27. The summed E-state index contributed by atoms with van der Waals surface area (Å²) in [5.41, 5.74) is 3.75. The van der Waals surface area contributed by atoms with Crippen molar-refractivity contribution < 1.29 is 9.32 Å². The van der Waals surface area contributed by atoms with Gasteiger partial charge in [0.2, 0.25) is 0 Å². The standard InChI is InChI=1S/C20H17ClN4O2S/c1-11-8-14(13(3)24(11)18-9-12(2)27-23-18)10-16-19(26)25(20(28)22-16)17-7-5-4-6-15(17)21/h4-10H,1-3H3,(H,22,28)/b16-10-. The van der Waals surface area contributed by atoms with Crippen LogP contribution in [0.15, 0.2) is 46.6 Å². The summed E-state index contributed by atoms with van der Waals surface area (Å²) in [6.45, 7) is 5.79. The van der Waals surface area contributed by atoms with E-state index in [0.717, 1.165) is 22.7 Å². The molecule has 2 aromatic heterocycles. The Kier molecular flexibility index (Phi) is 4.56. The molecule has 0 spiro atoms. The Labute approximate surface area is 172 Å². The molecule has 1 aliphatic rings. The SMILES string of the molecule is Cc1cc(-n2c(C)cc(/C=C3\NC(=S)N(c4ccccc4Cl)C3=O)c2C)no1. The molecule has 0 bridgehead atoms. The van der Waals surface area contributed by atoms with Crippen molar-refractivity contribution in [2.75, 3.05) is 4.90 Å². The second-order valence-corrected chi connectivity index (χ2v) is 7.33. The van der Waals surface area contributed by atoms with Gasteiger partial charge in [-0.2, -0.15) is 0 Å². The number of carbonyl (C=O) groups excluding carboxylic acids is 1. The number of aromatic nitrogens is 2. The van der Waals surface area contributed by atoms with Gasteiger partial charge in [-0.25, -0.2) is 0 Å². The second kappa shape index (κ2) is 6.92. The molecule has 0 unspecified atom stereocenters. The van der Waals surface area contributed by atoms with Gasteiger partial charge < -0.3 is 9.84 Å². The van der Waals surface area contributed by atoms with Gasteiger partial charge in [-0.3, -0.25) is 14.3 Å². The van der Waals surface area contributed by atoms with E-state index in [1.807, 2.05) is 43.5 Å². The van der Waals surface area contributed by atoms with E-state index in [1.54, 1.807) is 24.3 Å². The number of aryl methyl sites for hydroxylation is 2. The first-order chi connectivity index (χ1) is 13.4. The number of para-hydroxylation sites is 1. The van der Waals surface area contributed by atoms with Crippen molar-refractivity contribution in [2.24, 2.45) is 0 Å². The largest absolute Gasteiger partial charge is 0.360 e. The maximum atomic E-state index is 13.0. The Bertz CT molecular complexity index is 1150. The van der Waals surface area contributed by atoms with E-state index < -0.39 is 0 Å². The summed E-state index contributed by atoms with van der Waals surface area (Å²) >= 11 is 11.6. The normalized spacial score (nSPS) is 15.6. The fraction of sp³-hybridized carbons (Fsp3) is 0.150. The highest BCUT2D eigenvalue weighted by atomic mass is 35.5. The minimum Gasteiger partial charge on any atom is -0.360 e. The van der Waals surface area contributed by atoms with Crippen LogP contribution in [0.1, 0.15) is 22.7 Å². The molecule has 8 heteroatoms. The molecular formula is C20H17ClN4O2S. The molecule has 1 fully saturated rings. The van der Waals surface area contributed by atoms with Crippen molar-refractivity contribution in [2.45, 2.75) is 20.8 Å². The number of nitrogens with one attached hydrogen (secondary N) is 1. The molecule has 1 saturated heterocycles. The number of thiocarbonyl (C=S) groups is 1. The van der Waals surface area contributed by atoms with Gasteiger partial charge in [-0.1, -0.05) is 28.9 Å². The zero-order chi connectivity index (χ0) is 20.0. The minimum atomic E-state index is -0.250. The predicted octanol–water partition coefficient (Wildman–Crippen LogP) is 4.31. The third-order valence-electron chi connectivity index (χ3n) is 4.59. The van der Waals surface area contributed by atoms with E-state index in [1.165, 1.54) is 4.90 Å². The molecule has 28 heavy (non-hydrogen) atoms. The Morgan fingerprint density at radius 2 is 1.96 bits per heavy atom. The predicted molar refractivity (Wildman–Crippen MR) is 113 cm³/mol. The third kappa shape index (κ3) is 3.02. The molecule has 1 amide bonds. The van der Waals surface area contributed by atoms with Crippen molar-refractivity contribution in [3.63, 3.8) is 0 Å². The highest BCUT2D eigenvalue weighted by Gasteiger charge is 2.33. The number of halogens is 1. The first-order valence-electron chi connectivity index (χ1n) is 8.61. The summed E-state index contributed by atoms with van der Waals surface area (Å²) in [6, 6.07) is 11.0. The highest BCUT2D eigenvalue weighted by Crippen LogP contribution is 2.30. The fourth-order valence-electron chi connectivity index (χ4n) is 3.29. The molecule has 0 saturated carbocycles. The van der Waals surface area contributed by atoms with Gasteiger partial charge in [0.1, 0.15) is 11.5 Å². The lowest BCUT2D eigenvalue weighted by Crippen LogP contribution is -2.30. The quantitative estimate of drug-likeness (QED) is 0.513. The van der Waals surface area contributed by atoms with Crippen LogP contribution in [0.2, 0.25) is 5.02 Å². The lowest BCUT2D eigenvalue weighted by Gasteiger charge is -2.15. The third-order valence-corrected chi connectivity index (χ3v) is 5.19. The first kappa shape index (κ1) is 18.5. The van der Waals surface area contributed by atoms with Crippen LogP contribution in [0.5, 0.6) is 0 Å². The van der Waals surface area contributed by atoms with Crippen molar-refractivity contribution in [1.29, 1.82) is 0 Å². The van der Waals surface area contributed by atoms with Crippen molar-refractivity contribution in [3.8, 4) is 5.82 Å². The molecule has 0 radical (unpaired) electrons. The first-order valence-corrected chi connectivity index (χ1v) is 9.39. The number of carbonyl (C=O) groups is 1. The van der Waals surface area contributed by atoms with Crippen LogP contribution in [0.25, 0.3) is 11.9 Å². The van der Waals surface area contributed by atoms with Crippen molar-refractivity contribution in [3.05, 3.63) is 69.8 Å². The number of hydrogen-bond donors (Lipinski definition) is 1. The van der Waals surface area contributed by atoms with Gasteiger partial charge in [0.15, 0.2) is 10.9 Å². The Balaban J connectivity index is 1.72. The van der Waals surface area contributed by atoms with E-state index in [0.29, 0.717) is 27.3 Å². The van der Waals surface area contributed by atoms with Crippen LogP contribution in [-0.2, 0) is 4.79 Å². The van der Waals surface area contributed by atoms with Gasteiger partial charge in [-0.15, -0.1) is 0 Å². The smallest absolute Gasteiger partial charge is 0.281 e. The van der Waals surface area contributed by atoms with Gasteiger partial charge in [-0.05, 0) is 62.8 Å². The molecule has 1 aromatic carbocycles. The number of hydrogen-bond acceptors (Lipinski definition) is 4. The molecule has 3 aromatic rings. The maximum absolute atomic E-state index is 13.0. The summed E-state index contributed by atoms with van der Waals surface area (Å²) in [5, 5.41) is 7.83. The van der Waals surface area contributed by atoms with Gasteiger partial charge >= 0.3 is 0 Å². The Morgan fingerprint density at radius 3 is 2.64 bits per heavy atom. The number of amides is 1. The molecule has 0 aliphatic carbocycles. The summed E-state index contributed by atoms with van der Waals surface area (Å²) in [7, 11) is 0. The molecule has 0 atom stereocenters. The van der Waals surface area contributed by atoms with Gasteiger partial charge in [0, 0.05) is 17.5 Å². The number of benzene rings is 1. The Hall–Kier alpha value is -2.90. The summed E-state index contributed by atoms with van der Waals surface area (Å²) in [5.74, 6) is 1.19. The summed E-state index contributed by atoms with van der Waals surface area (Å²) < 4.78 is 7.17. The molecule has 6 nitrogen and oxygen atoms in total. The minimum absolute atomic E-state index is 0.250. The monoisotopic (exact) mass is 412 g/mol. The summed E-state index contributed by atoms with van der Waals surface area (Å²) in [6.07, 6.45) is 1.79.